The Morgan fingerprint density at radius 2 is 2.46 bits per heavy atom. The highest BCUT2D eigenvalue weighted by Gasteiger charge is 1.86. The smallest absolute Gasteiger partial charge is 0.0880 e. The maximum Gasteiger partial charge on any atom is 0.0880 e. The maximum absolute atomic E-state index is 7.99. The van der Waals surface area contributed by atoms with E-state index in [1.165, 1.54) is 0 Å². The molecule has 0 aliphatic rings. The molecule has 0 atom stereocenters. The minimum absolute atomic E-state index is 0.199. The average Bonchev–Trinajstić information content (AvgIpc) is 2.13. The Hall–Kier alpha value is -1.98. The van der Waals surface area contributed by atoms with Crippen molar-refractivity contribution in [3.8, 4) is 11.8 Å². The topological polar surface area (TPSA) is 61.7 Å². The molecule has 0 aliphatic heterocycles. The van der Waals surface area contributed by atoms with Crippen LogP contribution in [0, 0.1) is 18.8 Å². The van der Waals surface area contributed by atoms with E-state index in [1.54, 1.807) is 12.4 Å². The molecule has 1 aromatic heterocycles. The first kappa shape index (κ1) is 9.11. The second kappa shape index (κ2) is 4.81. The Kier molecular flexibility index (Phi) is 3.37. The van der Waals surface area contributed by atoms with Crippen LogP contribution >= 0.6 is 0 Å². The highest BCUT2D eigenvalue weighted by Crippen LogP contribution is 1.98. The molecule has 64 valence electrons. The quantitative estimate of drug-likeness (QED) is 0.277. The second-order valence-electron chi connectivity index (χ2n) is 2.44. The number of nitrogens with zero attached hydrogens (tertiary/aromatic N) is 4. The van der Waals surface area contributed by atoms with Gasteiger partial charge in [-0.3, -0.25) is 4.98 Å². The van der Waals surface area contributed by atoms with Crippen LogP contribution in [0.25, 0.3) is 10.4 Å². The van der Waals surface area contributed by atoms with E-state index < -0.39 is 0 Å². The van der Waals surface area contributed by atoms with Crippen LogP contribution in [0.5, 0.6) is 0 Å². The Balaban J connectivity index is 2.71. The maximum atomic E-state index is 7.99. The van der Waals surface area contributed by atoms with Crippen LogP contribution in [-0.2, 0) is 0 Å². The van der Waals surface area contributed by atoms with Crippen molar-refractivity contribution in [1.29, 1.82) is 0 Å². The van der Waals surface area contributed by atoms with Gasteiger partial charge in [0.15, 0.2) is 0 Å². The molecule has 0 bridgehead atoms. The lowest BCUT2D eigenvalue weighted by Gasteiger charge is -1.90. The highest BCUT2D eigenvalue weighted by molar-refractivity contribution is 5.33. The van der Waals surface area contributed by atoms with Crippen LogP contribution in [0.1, 0.15) is 11.1 Å². The fourth-order valence-corrected chi connectivity index (χ4v) is 0.832. The summed E-state index contributed by atoms with van der Waals surface area (Å²) < 4.78 is 0. The van der Waals surface area contributed by atoms with Crippen molar-refractivity contribution < 1.29 is 0 Å². The Morgan fingerprint density at radius 1 is 1.62 bits per heavy atom. The van der Waals surface area contributed by atoms with Gasteiger partial charge >= 0.3 is 0 Å². The highest BCUT2D eigenvalue weighted by atomic mass is 15.1. The molecule has 0 unspecified atom stereocenters. The first-order valence-corrected chi connectivity index (χ1v) is 3.74. The Labute approximate surface area is 76.2 Å². The van der Waals surface area contributed by atoms with E-state index in [4.69, 9.17) is 5.53 Å². The molecular weight excluding hydrogens is 164 g/mol. The number of hydrogen-bond donors (Lipinski definition) is 0. The van der Waals surface area contributed by atoms with Gasteiger partial charge in [-0.25, -0.2) is 0 Å². The molecule has 0 radical (unpaired) electrons. The van der Waals surface area contributed by atoms with E-state index in [0.29, 0.717) is 0 Å². The van der Waals surface area contributed by atoms with Crippen LogP contribution in [-0.4, -0.2) is 11.5 Å². The molecule has 0 aliphatic carbocycles. The lowest BCUT2D eigenvalue weighted by atomic mass is 10.2. The normalized spacial score (nSPS) is 8.08. The number of aromatic nitrogens is 1. The summed E-state index contributed by atoms with van der Waals surface area (Å²) >= 11 is 0. The molecule has 0 saturated carbocycles. The predicted octanol–water partition coefficient (Wildman–Crippen LogP) is 2.05. The fourth-order valence-electron chi connectivity index (χ4n) is 0.832. The SMILES string of the molecule is Cc1cncc(C#CCN=[N+]=[N-])c1. The van der Waals surface area contributed by atoms with Gasteiger partial charge in [0.05, 0.1) is 6.54 Å². The molecule has 0 saturated heterocycles. The summed E-state index contributed by atoms with van der Waals surface area (Å²) in [5.41, 5.74) is 9.89. The van der Waals surface area contributed by atoms with Gasteiger partial charge in [-0.05, 0) is 24.1 Å². The zero-order valence-corrected chi connectivity index (χ0v) is 7.23. The molecule has 4 heteroatoms. The number of rotatable bonds is 1. The summed E-state index contributed by atoms with van der Waals surface area (Å²) in [4.78, 5) is 6.57. The van der Waals surface area contributed by atoms with Gasteiger partial charge in [-0.2, -0.15) is 0 Å². The summed E-state index contributed by atoms with van der Waals surface area (Å²) in [7, 11) is 0. The lowest BCUT2D eigenvalue weighted by molar-refractivity contribution is 1.24. The van der Waals surface area contributed by atoms with E-state index >= 15 is 0 Å². The van der Waals surface area contributed by atoms with Crippen molar-refractivity contribution in [2.75, 3.05) is 6.54 Å². The summed E-state index contributed by atoms with van der Waals surface area (Å²) in [6.45, 7) is 2.15. The Morgan fingerprint density at radius 3 is 3.15 bits per heavy atom. The summed E-state index contributed by atoms with van der Waals surface area (Å²) in [6.07, 6.45) is 3.44. The van der Waals surface area contributed by atoms with E-state index in [1.807, 2.05) is 13.0 Å². The minimum atomic E-state index is 0.199. The minimum Gasteiger partial charge on any atom is -0.263 e. The average molecular weight is 172 g/mol. The van der Waals surface area contributed by atoms with E-state index in [-0.39, 0.29) is 6.54 Å². The van der Waals surface area contributed by atoms with Gasteiger partial charge in [-0.1, -0.05) is 17.0 Å². The monoisotopic (exact) mass is 172 g/mol. The van der Waals surface area contributed by atoms with Crippen molar-refractivity contribution >= 4 is 0 Å². The number of azide groups is 1. The number of pyridine rings is 1. The fraction of sp³-hybridized carbons (Fsp3) is 0.222. The third kappa shape index (κ3) is 3.28. The van der Waals surface area contributed by atoms with Crippen molar-refractivity contribution in [2.24, 2.45) is 5.11 Å². The first-order valence-electron chi connectivity index (χ1n) is 3.74. The van der Waals surface area contributed by atoms with Crippen molar-refractivity contribution in [1.82, 2.24) is 4.98 Å². The van der Waals surface area contributed by atoms with Gasteiger partial charge in [-0.15, -0.1) is 0 Å². The standard InChI is InChI=1S/C9H8N4/c1-8-5-9(7-11-6-8)3-2-4-12-13-10/h5-7H,4H2,1H3. The van der Waals surface area contributed by atoms with Crippen molar-refractivity contribution in [3.05, 3.63) is 40.0 Å². The van der Waals surface area contributed by atoms with Crippen LogP contribution in [0.2, 0.25) is 0 Å². The molecule has 0 aromatic carbocycles. The molecule has 4 nitrogen and oxygen atoms in total. The van der Waals surface area contributed by atoms with Gasteiger partial charge in [0.25, 0.3) is 0 Å². The van der Waals surface area contributed by atoms with E-state index in [0.717, 1.165) is 11.1 Å². The molecule has 0 N–H and O–H groups in total. The number of aryl methyl sites for hydroxylation is 1. The van der Waals surface area contributed by atoms with E-state index in [9.17, 15) is 0 Å². The molecule has 1 heterocycles. The first-order chi connectivity index (χ1) is 6.33. The van der Waals surface area contributed by atoms with Crippen LogP contribution in [0.15, 0.2) is 23.6 Å². The lowest BCUT2D eigenvalue weighted by Crippen LogP contribution is -1.80. The molecular formula is C9H8N4. The molecule has 0 spiro atoms. The third-order valence-corrected chi connectivity index (χ3v) is 1.32. The van der Waals surface area contributed by atoms with Gasteiger partial charge < -0.3 is 0 Å². The molecule has 1 aromatic rings. The molecule has 0 amide bonds. The van der Waals surface area contributed by atoms with Crippen LogP contribution in [0.4, 0.5) is 0 Å². The predicted molar refractivity (Wildman–Crippen MR) is 49.9 cm³/mol. The molecule has 1 rings (SSSR count). The van der Waals surface area contributed by atoms with Crippen molar-refractivity contribution in [3.63, 3.8) is 0 Å². The van der Waals surface area contributed by atoms with Crippen LogP contribution < -0.4 is 0 Å². The zero-order valence-electron chi connectivity index (χ0n) is 7.23. The van der Waals surface area contributed by atoms with Gasteiger partial charge in [0, 0.05) is 22.9 Å². The molecule has 0 fully saturated rings. The van der Waals surface area contributed by atoms with Crippen molar-refractivity contribution in [2.45, 2.75) is 6.92 Å². The molecule has 13 heavy (non-hydrogen) atoms. The van der Waals surface area contributed by atoms with E-state index in [2.05, 4.69) is 26.9 Å². The third-order valence-electron chi connectivity index (χ3n) is 1.32. The van der Waals surface area contributed by atoms with Gasteiger partial charge in [0.1, 0.15) is 0 Å². The summed E-state index contributed by atoms with van der Waals surface area (Å²) in [6, 6.07) is 1.93. The van der Waals surface area contributed by atoms with Gasteiger partial charge in [0.2, 0.25) is 0 Å². The second-order valence-corrected chi connectivity index (χ2v) is 2.44. The largest absolute Gasteiger partial charge is 0.263 e. The Bertz CT molecular complexity index is 394. The summed E-state index contributed by atoms with van der Waals surface area (Å²) in [5.74, 6) is 5.56. The number of hydrogen-bond acceptors (Lipinski definition) is 2. The summed E-state index contributed by atoms with van der Waals surface area (Å²) in [5, 5.41) is 3.30. The van der Waals surface area contributed by atoms with Crippen LogP contribution in [0.3, 0.4) is 0 Å². The zero-order chi connectivity index (χ0) is 9.52.